The van der Waals surface area contributed by atoms with Gasteiger partial charge in [-0.05, 0) is 25.0 Å². The second-order valence-electron chi connectivity index (χ2n) is 4.81. The number of carbonyl (C=O) groups excluding carboxylic acids is 2. The highest BCUT2D eigenvalue weighted by atomic mass is 16.5. The molecule has 1 aromatic rings. The van der Waals surface area contributed by atoms with Gasteiger partial charge in [0.2, 0.25) is 5.91 Å². The Morgan fingerprint density at radius 3 is 2.57 bits per heavy atom. The number of rotatable bonds is 6. The molecule has 0 unspecified atom stereocenters. The van der Waals surface area contributed by atoms with Gasteiger partial charge in [-0.3, -0.25) is 4.79 Å². The molecule has 2 N–H and O–H groups in total. The molecule has 21 heavy (non-hydrogen) atoms. The van der Waals surface area contributed by atoms with Crippen molar-refractivity contribution in [2.24, 2.45) is 5.92 Å². The van der Waals surface area contributed by atoms with E-state index < -0.39 is 12.1 Å². The Balaban J connectivity index is 2.74. The minimum absolute atomic E-state index is 0.0694. The molecule has 1 aromatic carbocycles. The van der Waals surface area contributed by atoms with E-state index in [1.807, 2.05) is 13.8 Å². The first-order valence-electron chi connectivity index (χ1n) is 6.86. The van der Waals surface area contributed by atoms with Gasteiger partial charge in [-0.15, -0.1) is 0 Å². The van der Waals surface area contributed by atoms with Crippen LogP contribution in [0.5, 0.6) is 5.75 Å². The van der Waals surface area contributed by atoms with Crippen molar-refractivity contribution in [3.63, 3.8) is 0 Å². The van der Waals surface area contributed by atoms with Crippen molar-refractivity contribution in [2.75, 3.05) is 19.0 Å². The maximum atomic E-state index is 12.3. The number of benzene rings is 1. The zero-order chi connectivity index (χ0) is 15.8. The van der Waals surface area contributed by atoms with Gasteiger partial charge in [-0.2, -0.15) is 0 Å². The molecule has 0 aliphatic rings. The number of hydrogen-bond donors (Lipinski definition) is 2. The van der Waals surface area contributed by atoms with Gasteiger partial charge in [0.1, 0.15) is 11.8 Å². The van der Waals surface area contributed by atoms with E-state index in [2.05, 4.69) is 10.6 Å². The van der Waals surface area contributed by atoms with Crippen LogP contribution in [0.25, 0.3) is 0 Å². The van der Waals surface area contributed by atoms with Crippen LogP contribution in [0.2, 0.25) is 0 Å². The molecule has 0 saturated carbocycles. The second kappa shape index (κ2) is 8.14. The minimum Gasteiger partial charge on any atom is -0.497 e. The van der Waals surface area contributed by atoms with E-state index >= 15 is 0 Å². The largest absolute Gasteiger partial charge is 0.497 e. The van der Waals surface area contributed by atoms with Gasteiger partial charge in [-0.25, -0.2) is 4.79 Å². The van der Waals surface area contributed by atoms with Crippen LogP contribution in [0.15, 0.2) is 24.3 Å². The molecule has 1 atom stereocenters. The SMILES string of the molecule is CCOC(=O)N[C@H](C(=O)Nc1cccc(OC)c1)C(C)C. The lowest BCUT2D eigenvalue weighted by atomic mass is 10.0. The second-order valence-corrected chi connectivity index (χ2v) is 4.81. The Hall–Kier alpha value is -2.24. The zero-order valence-electron chi connectivity index (χ0n) is 12.8. The lowest BCUT2D eigenvalue weighted by Gasteiger charge is -2.21. The van der Waals surface area contributed by atoms with Gasteiger partial charge >= 0.3 is 6.09 Å². The number of hydrogen-bond acceptors (Lipinski definition) is 4. The van der Waals surface area contributed by atoms with Crippen LogP contribution in [-0.4, -0.2) is 31.8 Å². The van der Waals surface area contributed by atoms with E-state index in [0.29, 0.717) is 11.4 Å². The molecular formula is C15H22N2O4. The smallest absolute Gasteiger partial charge is 0.407 e. The van der Waals surface area contributed by atoms with Crippen molar-refractivity contribution in [2.45, 2.75) is 26.8 Å². The summed E-state index contributed by atoms with van der Waals surface area (Å²) in [5, 5.41) is 5.32. The van der Waals surface area contributed by atoms with Gasteiger partial charge in [0.15, 0.2) is 0 Å². The molecule has 0 bridgehead atoms. The lowest BCUT2D eigenvalue weighted by molar-refractivity contribution is -0.119. The van der Waals surface area contributed by atoms with Crippen LogP contribution < -0.4 is 15.4 Å². The van der Waals surface area contributed by atoms with E-state index in [9.17, 15) is 9.59 Å². The summed E-state index contributed by atoms with van der Waals surface area (Å²) in [6.45, 7) is 5.67. The molecule has 6 heteroatoms. The molecule has 0 radical (unpaired) electrons. The highest BCUT2D eigenvalue weighted by Gasteiger charge is 2.24. The maximum Gasteiger partial charge on any atom is 0.407 e. The number of nitrogens with one attached hydrogen (secondary N) is 2. The van der Waals surface area contributed by atoms with E-state index in [-0.39, 0.29) is 18.4 Å². The maximum absolute atomic E-state index is 12.3. The number of alkyl carbamates (subject to hydrolysis) is 1. The highest BCUT2D eigenvalue weighted by molar-refractivity contribution is 5.96. The molecule has 0 fully saturated rings. The number of amides is 2. The van der Waals surface area contributed by atoms with Crippen molar-refractivity contribution in [3.8, 4) is 5.75 Å². The molecule has 0 aliphatic heterocycles. The third kappa shape index (κ3) is 5.33. The van der Waals surface area contributed by atoms with E-state index in [0.717, 1.165) is 0 Å². The summed E-state index contributed by atoms with van der Waals surface area (Å²) in [7, 11) is 1.56. The quantitative estimate of drug-likeness (QED) is 0.844. The molecule has 0 saturated heterocycles. The lowest BCUT2D eigenvalue weighted by Crippen LogP contribution is -2.47. The van der Waals surface area contributed by atoms with E-state index in [1.165, 1.54) is 0 Å². The van der Waals surface area contributed by atoms with E-state index in [1.54, 1.807) is 38.3 Å². The van der Waals surface area contributed by atoms with Crippen LogP contribution in [0.4, 0.5) is 10.5 Å². The Morgan fingerprint density at radius 2 is 2.00 bits per heavy atom. The predicted octanol–water partition coefficient (Wildman–Crippen LogP) is 2.40. The highest BCUT2D eigenvalue weighted by Crippen LogP contribution is 2.17. The monoisotopic (exact) mass is 294 g/mol. The first-order valence-corrected chi connectivity index (χ1v) is 6.86. The van der Waals surface area contributed by atoms with Crippen LogP contribution in [0.1, 0.15) is 20.8 Å². The molecular weight excluding hydrogens is 272 g/mol. The van der Waals surface area contributed by atoms with Crippen molar-refractivity contribution in [1.29, 1.82) is 0 Å². The minimum atomic E-state index is -0.671. The van der Waals surface area contributed by atoms with E-state index in [4.69, 9.17) is 9.47 Å². The molecule has 1 rings (SSSR count). The van der Waals surface area contributed by atoms with Crippen molar-refractivity contribution in [3.05, 3.63) is 24.3 Å². The Bertz CT molecular complexity index is 488. The van der Waals surface area contributed by atoms with Crippen LogP contribution in [0, 0.1) is 5.92 Å². The molecule has 0 heterocycles. The fourth-order valence-corrected chi connectivity index (χ4v) is 1.76. The average molecular weight is 294 g/mol. The molecule has 6 nitrogen and oxygen atoms in total. The first kappa shape index (κ1) is 16.8. The standard InChI is InChI=1S/C15H22N2O4/c1-5-21-15(19)17-13(10(2)3)14(18)16-11-7-6-8-12(9-11)20-4/h6-10,13H,5H2,1-4H3,(H,16,18)(H,17,19)/t13-/m0/s1. The van der Waals surface area contributed by atoms with Crippen LogP contribution >= 0.6 is 0 Å². The topological polar surface area (TPSA) is 76.7 Å². The summed E-state index contributed by atoms with van der Waals surface area (Å²) in [5.41, 5.74) is 0.607. The molecule has 0 aromatic heterocycles. The number of anilines is 1. The third-order valence-corrected chi connectivity index (χ3v) is 2.84. The van der Waals surface area contributed by atoms with Gasteiger partial charge in [0, 0.05) is 11.8 Å². The number of carbonyl (C=O) groups is 2. The third-order valence-electron chi connectivity index (χ3n) is 2.84. The number of methoxy groups -OCH3 is 1. The summed E-state index contributed by atoms with van der Waals surface area (Å²) in [6, 6.07) is 6.35. The first-order chi connectivity index (χ1) is 9.97. The van der Waals surface area contributed by atoms with Gasteiger partial charge in [0.05, 0.1) is 13.7 Å². The Morgan fingerprint density at radius 1 is 1.29 bits per heavy atom. The number of ether oxygens (including phenoxy) is 2. The fraction of sp³-hybridized carbons (Fsp3) is 0.467. The molecule has 0 aliphatic carbocycles. The van der Waals surface area contributed by atoms with Gasteiger partial charge in [0.25, 0.3) is 0 Å². The van der Waals surface area contributed by atoms with Crippen molar-refractivity contribution >= 4 is 17.7 Å². The Kier molecular flexibility index (Phi) is 6.52. The van der Waals surface area contributed by atoms with Crippen molar-refractivity contribution < 1.29 is 19.1 Å². The fourth-order valence-electron chi connectivity index (χ4n) is 1.76. The molecule has 2 amide bonds. The zero-order valence-corrected chi connectivity index (χ0v) is 12.8. The summed E-state index contributed by atoms with van der Waals surface area (Å²) in [5.74, 6) is 0.276. The summed E-state index contributed by atoms with van der Waals surface area (Å²) in [6.07, 6.45) is -0.600. The van der Waals surface area contributed by atoms with Gasteiger partial charge < -0.3 is 20.1 Å². The predicted molar refractivity (Wildman–Crippen MR) is 80.4 cm³/mol. The summed E-state index contributed by atoms with van der Waals surface area (Å²) in [4.78, 5) is 23.8. The van der Waals surface area contributed by atoms with Gasteiger partial charge in [-0.1, -0.05) is 19.9 Å². The summed E-state index contributed by atoms with van der Waals surface area (Å²) < 4.78 is 9.91. The average Bonchev–Trinajstić information content (AvgIpc) is 2.44. The Labute approximate surface area is 124 Å². The normalized spacial score (nSPS) is 11.7. The molecule has 116 valence electrons. The van der Waals surface area contributed by atoms with Crippen LogP contribution in [0.3, 0.4) is 0 Å². The van der Waals surface area contributed by atoms with Crippen molar-refractivity contribution in [1.82, 2.24) is 5.32 Å². The summed E-state index contributed by atoms with van der Waals surface area (Å²) >= 11 is 0. The van der Waals surface area contributed by atoms with Crippen LogP contribution in [-0.2, 0) is 9.53 Å². The molecule has 0 spiro atoms.